The highest BCUT2D eigenvalue weighted by Gasteiger charge is 2.24. The smallest absolute Gasteiger partial charge is 0.267 e. The summed E-state index contributed by atoms with van der Waals surface area (Å²) < 4.78 is 1.51. The van der Waals surface area contributed by atoms with E-state index in [9.17, 15) is 14.9 Å². The van der Waals surface area contributed by atoms with Gasteiger partial charge in [-0.05, 0) is 56.2 Å². The third kappa shape index (κ3) is 4.55. The van der Waals surface area contributed by atoms with E-state index in [0.717, 1.165) is 57.2 Å². The summed E-state index contributed by atoms with van der Waals surface area (Å²) in [6.45, 7) is 5.72. The van der Waals surface area contributed by atoms with Crippen molar-refractivity contribution in [3.63, 3.8) is 0 Å². The van der Waals surface area contributed by atoms with Gasteiger partial charge in [0.05, 0.1) is 5.56 Å². The molecule has 2 aromatic heterocycles. The molecule has 0 bridgehead atoms. The number of nitrogens with zero attached hydrogens (tertiary/aromatic N) is 4. The molecule has 2 aromatic rings. The quantitative estimate of drug-likeness (QED) is 0.588. The molecule has 1 N–H and O–H groups in total. The summed E-state index contributed by atoms with van der Waals surface area (Å²) in [5, 5.41) is 12.7. The van der Waals surface area contributed by atoms with E-state index in [2.05, 4.69) is 17.1 Å². The second-order valence-corrected chi connectivity index (χ2v) is 9.21. The summed E-state index contributed by atoms with van der Waals surface area (Å²) in [4.78, 5) is 33.4. The standard InChI is InChI=1S/C25H31N5O2/c1-17-8-6-12-29(16-17)23-21(25(32)30-13-7-9-18(2)22(30)28-23)14-19(15-26)24(31)27-20-10-4-3-5-11-20/h7,9,13-14,17,20H,3-6,8,10-12,16H2,1-2H3,(H,27,31)/b19-14+/t17-/m1/s1. The van der Waals surface area contributed by atoms with E-state index in [4.69, 9.17) is 4.98 Å². The Morgan fingerprint density at radius 3 is 2.75 bits per heavy atom. The number of rotatable bonds is 4. The number of aryl methyl sites for hydroxylation is 1. The number of aromatic nitrogens is 2. The van der Waals surface area contributed by atoms with Crippen LogP contribution in [0.4, 0.5) is 5.82 Å². The minimum atomic E-state index is -0.411. The van der Waals surface area contributed by atoms with Crippen LogP contribution in [-0.2, 0) is 4.79 Å². The third-order valence-electron chi connectivity index (χ3n) is 6.61. The van der Waals surface area contributed by atoms with Crippen molar-refractivity contribution in [1.29, 1.82) is 5.26 Å². The van der Waals surface area contributed by atoms with Crippen molar-refractivity contribution in [2.24, 2.45) is 5.92 Å². The monoisotopic (exact) mass is 433 g/mol. The predicted molar refractivity (Wildman–Crippen MR) is 125 cm³/mol. The maximum absolute atomic E-state index is 13.5. The van der Waals surface area contributed by atoms with Crippen molar-refractivity contribution in [1.82, 2.24) is 14.7 Å². The summed E-state index contributed by atoms with van der Waals surface area (Å²) in [6, 6.07) is 5.85. The number of nitriles is 1. The van der Waals surface area contributed by atoms with E-state index in [1.54, 1.807) is 6.20 Å². The molecule has 1 saturated heterocycles. The number of amides is 1. The highest BCUT2D eigenvalue weighted by Crippen LogP contribution is 2.26. The van der Waals surface area contributed by atoms with E-state index in [0.29, 0.717) is 22.9 Å². The third-order valence-corrected chi connectivity index (χ3v) is 6.61. The molecule has 7 heteroatoms. The Labute approximate surface area is 188 Å². The Morgan fingerprint density at radius 1 is 1.25 bits per heavy atom. The highest BCUT2D eigenvalue weighted by atomic mass is 16.2. The Morgan fingerprint density at radius 2 is 2.03 bits per heavy atom. The van der Waals surface area contributed by atoms with Gasteiger partial charge in [-0.3, -0.25) is 14.0 Å². The SMILES string of the molecule is Cc1cccn2c(=O)c(/C=C(\C#N)C(=O)NC3CCCCC3)c(N3CCC[C@@H](C)C3)nc12. The lowest BCUT2D eigenvalue weighted by Gasteiger charge is -2.32. The highest BCUT2D eigenvalue weighted by molar-refractivity contribution is 6.02. The van der Waals surface area contributed by atoms with Crippen molar-refractivity contribution < 1.29 is 4.79 Å². The second-order valence-electron chi connectivity index (χ2n) is 9.21. The van der Waals surface area contributed by atoms with E-state index in [1.165, 1.54) is 16.9 Å². The molecule has 32 heavy (non-hydrogen) atoms. The van der Waals surface area contributed by atoms with Gasteiger partial charge in [0.1, 0.15) is 23.1 Å². The molecule has 0 aromatic carbocycles. The number of fused-ring (bicyclic) bond motifs is 1. The van der Waals surface area contributed by atoms with Crippen LogP contribution in [-0.4, -0.2) is 34.4 Å². The molecule has 0 radical (unpaired) electrons. The van der Waals surface area contributed by atoms with Crippen molar-refractivity contribution in [2.75, 3.05) is 18.0 Å². The predicted octanol–water partition coefficient (Wildman–Crippen LogP) is 3.60. The van der Waals surface area contributed by atoms with Crippen LogP contribution in [0, 0.1) is 24.2 Å². The van der Waals surface area contributed by atoms with Crippen LogP contribution in [0.1, 0.15) is 63.0 Å². The second kappa shape index (κ2) is 9.56. The lowest BCUT2D eigenvalue weighted by Crippen LogP contribution is -2.38. The molecule has 1 amide bonds. The van der Waals surface area contributed by atoms with Gasteiger partial charge in [0.25, 0.3) is 11.5 Å². The summed E-state index contributed by atoms with van der Waals surface area (Å²) in [7, 11) is 0. The minimum absolute atomic E-state index is 0.0478. The lowest BCUT2D eigenvalue weighted by atomic mass is 9.95. The number of nitrogens with one attached hydrogen (secondary N) is 1. The van der Waals surface area contributed by atoms with Crippen LogP contribution in [0.3, 0.4) is 0 Å². The average Bonchev–Trinajstić information content (AvgIpc) is 2.79. The summed E-state index contributed by atoms with van der Waals surface area (Å²) in [5.74, 6) is 0.642. The summed E-state index contributed by atoms with van der Waals surface area (Å²) >= 11 is 0. The van der Waals surface area contributed by atoms with E-state index in [-0.39, 0.29) is 17.2 Å². The van der Waals surface area contributed by atoms with Crippen LogP contribution in [0.5, 0.6) is 0 Å². The van der Waals surface area contributed by atoms with Gasteiger partial charge >= 0.3 is 0 Å². The number of anilines is 1. The van der Waals surface area contributed by atoms with Gasteiger partial charge in [0.15, 0.2) is 0 Å². The van der Waals surface area contributed by atoms with Gasteiger partial charge in [0.2, 0.25) is 0 Å². The molecule has 2 fully saturated rings. The van der Waals surface area contributed by atoms with Gasteiger partial charge in [-0.15, -0.1) is 0 Å². The molecule has 7 nitrogen and oxygen atoms in total. The van der Waals surface area contributed by atoms with Crippen LogP contribution in [0.25, 0.3) is 11.7 Å². The van der Waals surface area contributed by atoms with E-state index < -0.39 is 5.91 Å². The molecule has 0 spiro atoms. The van der Waals surface area contributed by atoms with Gasteiger partial charge in [-0.25, -0.2) is 4.98 Å². The van der Waals surface area contributed by atoms with Gasteiger partial charge in [-0.1, -0.05) is 32.3 Å². The number of pyridine rings is 1. The maximum Gasteiger partial charge on any atom is 0.267 e. The largest absolute Gasteiger partial charge is 0.356 e. The van der Waals surface area contributed by atoms with Gasteiger partial charge in [0, 0.05) is 25.3 Å². The van der Waals surface area contributed by atoms with Crippen LogP contribution >= 0.6 is 0 Å². The first-order valence-electron chi connectivity index (χ1n) is 11.7. The number of hydrogen-bond acceptors (Lipinski definition) is 5. The number of carbonyl (C=O) groups is 1. The van der Waals surface area contributed by atoms with Crippen molar-refractivity contribution in [3.8, 4) is 6.07 Å². The van der Waals surface area contributed by atoms with Crippen molar-refractivity contribution in [2.45, 2.75) is 64.8 Å². The molecule has 1 aliphatic heterocycles. The van der Waals surface area contributed by atoms with Gasteiger partial charge in [-0.2, -0.15) is 5.26 Å². The molecule has 3 heterocycles. The molecule has 1 atom stereocenters. The fourth-order valence-electron chi connectivity index (χ4n) is 4.85. The zero-order valence-corrected chi connectivity index (χ0v) is 18.9. The molecule has 168 valence electrons. The molecule has 4 rings (SSSR count). The molecule has 2 aliphatic rings. The maximum atomic E-state index is 13.5. The molecular weight excluding hydrogens is 402 g/mol. The number of hydrogen-bond donors (Lipinski definition) is 1. The average molecular weight is 434 g/mol. The van der Waals surface area contributed by atoms with Crippen molar-refractivity contribution >= 4 is 23.4 Å². The van der Waals surface area contributed by atoms with Crippen LogP contribution < -0.4 is 15.8 Å². The molecular formula is C25H31N5O2. The Kier molecular flexibility index (Phi) is 6.59. The van der Waals surface area contributed by atoms with E-state index >= 15 is 0 Å². The fourth-order valence-corrected chi connectivity index (χ4v) is 4.85. The zero-order chi connectivity index (χ0) is 22.7. The Bertz CT molecular complexity index is 1140. The minimum Gasteiger partial charge on any atom is -0.356 e. The van der Waals surface area contributed by atoms with E-state index in [1.807, 2.05) is 25.1 Å². The topological polar surface area (TPSA) is 90.5 Å². The van der Waals surface area contributed by atoms with Crippen LogP contribution in [0.15, 0.2) is 28.7 Å². The first kappa shape index (κ1) is 22.1. The molecule has 0 unspecified atom stereocenters. The Hall–Kier alpha value is -3.14. The first-order chi connectivity index (χ1) is 15.5. The number of carbonyl (C=O) groups excluding carboxylic acids is 1. The van der Waals surface area contributed by atoms with Crippen LogP contribution in [0.2, 0.25) is 0 Å². The normalized spacial score (nSPS) is 20.2. The Balaban J connectivity index is 1.79. The lowest BCUT2D eigenvalue weighted by molar-refractivity contribution is -0.117. The molecule has 1 aliphatic carbocycles. The molecule has 1 saturated carbocycles. The zero-order valence-electron chi connectivity index (χ0n) is 18.9. The first-order valence-corrected chi connectivity index (χ1v) is 11.7. The fraction of sp³-hybridized carbons (Fsp3) is 0.520. The summed E-state index contributed by atoms with van der Waals surface area (Å²) in [5.41, 5.74) is 1.51. The van der Waals surface area contributed by atoms with Crippen molar-refractivity contribution in [3.05, 3.63) is 45.4 Å². The van der Waals surface area contributed by atoms with Gasteiger partial charge < -0.3 is 10.2 Å². The summed E-state index contributed by atoms with van der Waals surface area (Å²) in [6.07, 6.45) is 10.5. The number of piperidine rings is 1.